The lowest BCUT2D eigenvalue weighted by molar-refractivity contribution is -0.169. The molecule has 8 fully saturated rings. The van der Waals surface area contributed by atoms with E-state index in [2.05, 4.69) is 10.6 Å². The number of amides is 4. The number of carbonyl (C=O) groups is 4. The molecule has 13 nitrogen and oxygen atoms in total. The van der Waals surface area contributed by atoms with Crippen molar-refractivity contribution in [1.29, 1.82) is 0 Å². The van der Waals surface area contributed by atoms with E-state index in [0.29, 0.717) is 22.5 Å². The number of nitrogens with zero attached hydrogens (tertiary/aromatic N) is 4. The molecule has 4 bridgehead atoms. The second-order valence-electron chi connectivity index (χ2n) is 14.5. The van der Waals surface area contributed by atoms with E-state index in [1.54, 1.807) is 7.05 Å². The van der Waals surface area contributed by atoms with Crippen LogP contribution in [0.5, 0.6) is 0 Å². The number of rotatable bonds is 3. The van der Waals surface area contributed by atoms with Crippen molar-refractivity contribution in [3.63, 3.8) is 0 Å². The van der Waals surface area contributed by atoms with Gasteiger partial charge in [0.2, 0.25) is 14.6 Å². The Kier molecular flexibility index (Phi) is 7.18. The van der Waals surface area contributed by atoms with Crippen molar-refractivity contribution in [1.82, 2.24) is 19.6 Å². The molecular formula is C32H32N6O7S7. The molecule has 0 saturated carbocycles. The zero-order valence-corrected chi connectivity index (χ0v) is 33.5. The number of piperazine rings is 2. The third-order valence-electron chi connectivity index (χ3n) is 12.7. The van der Waals surface area contributed by atoms with Crippen molar-refractivity contribution in [2.45, 2.75) is 68.7 Å². The van der Waals surface area contributed by atoms with Crippen LogP contribution in [-0.2, 0) is 30.0 Å². The Bertz CT molecular complexity index is 2040. The molecule has 3 unspecified atom stereocenters. The van der Waals surface area contributed by atoms with Crippen LogP contribution >= 0.6 is 72.7 Å². The highest BCUT2D eigenvalue weighted by Crippen LogP contribution is 2.78. The van der Waals surface area contributed by atoms with Gasteiger partial charge in [-0.05, 0) is 102 Å². The number of hydrogen-bond acceptors (Lipinski definition) is 16. The summed E-state index contributed by atoms with van der Waals surface area (Å²) in [5.74, 6) is -2.28. The van der Waals surface area contributed by atoms with Crippen molar-refractivity contribution in [3.05, 3.63) is 59.7 Å². The van der Waals surface area contributed by atoms with E-state index < -0.39 is 79.2 Å². The second-order valence-corrected chi connectivity index (χ2v) is 25.0. The molecule has 0 radical (unpaired) electrons. The van der Waals surface area contributed by atoms with Gasteiger partial charge in [-0.1, -0.05) is 50.2 Å². The lowest BCUT2D eigenvalue weighted by atomic mass is 9.52. The fourth-order valence-corrected chi connectivity index (χ4v) is 24.5. The summed E-state index contributed by atoms with van der Waals surface area (Å²) in [7, 11) is 11.4. The summed E-state index contributed by atoms with van der Waals surface area (Å²) in [6.07, 6.45) is -5.68. The summed E-state index contributed by atoms with van der Waals surface area (Å²) in [6.45, 7) is 3.12. The van der Waals surface area contributed by atoms with Crippen LogP contribution in [-0.4, -0.2) is 123 Å². The van der Waals surface area contributed by atoms with Crippen LogP contribution in [0.4, 0.5) is 11.4 Å². The van der Waals surface area contributed by atoms with Gasteiger partial charge >= 0.3 is 0 Å². The molecule has 10 aliphatic rings. The number of aliphatic hydroxyl groups is 3. The van der Waals surface area contributed by atoms with Gasteiger partial charge in [0.1, 0.15) is 24.5 Å². The summed E-state index contributed by atoms with van der Waals surface area (Å²) >= 11 is 0. The molecule has 274 valence electrons. The van der Waals surface area contributed by atoms with Crippen LogP contribution in [0.3, 0.4) is 0 Å². The van der Waals surface area contributed by atoms with Crippen LogP contribution in [0, 0.1) is 5.92 Å². The summed E-state index contributed by atoms with van der Waals surface area (Å²) in [6, 6.07) is 14.6. The van der Waals surface area contributed by atoms with E-state index in [1.165, 1.54) is 66.9 Å². The highest BCUT2D eigenvalue weighted by molar-refractivity contribution is 9.26. The smallest absolute Gasteiger partial charge is 0.265 e. The number of aliphatic hydroxyl groups excluding tert-OH is 3. The number of benzene rings is 2. The molecule has 20 heteroatoms. The number of fused-ring (bicyclic) bond motifs is 14. The first-order chi connectivity index (χ1) is 24.8. The first kappa shape index (κ1) is 34.7. The van der Waals surface area contributed by atoms with Crippen molar-refractivity contribution >= 4 is 108 Å². The summed E-state index contributed by atoms with van der Waals surface area (Å²) < 4.78 is 0. The average molecular weight is 837 g/mol. The van der Waals surface area contributed by atoms with Gasteiger partial charge in [-0.3, -0.25) is 29.0 Å². The minimum atomic E-state index is -1.94. The third-order valence-corrected chi connectivity index (χ3v) is 25.3. The number of para-hydroxylation sites is 2. The maximum Gasteiger partial charge on any atom is 0.265 e. The van der Waals surface area contributed by atoms with Gasteiger partial charge in [0.05, 0.1) is 17.4 Å². The average Bonchev–Trinajstić information content (AvgIpc) is 3.72. The highest BCUT2D eigenvalue weighted by Gasteiger charge is 2.92. The fourth-order valence-electron chi connectivity index (χ4n) is 10.5. The Labute approximate surface area is 325 Å². The van der Waals surface area contributed by atoms with Gasteiger partial charge in [-0.25, -0.2) is 0 Å². The van der Waals surface area contributed by atoms with E-state index in [1.807, 2.05) is 62.4 Å². The van der Waals surface area contributed by atoms with E-state index in [0.717, 1.165) is 32.4 Å². The minimum absolute atomic E-state index is 0.324. The van der Waals surface area contributed by atoms with Crippen LogP contribution in [0.25, 0.3) is 0 Å². The SMILES string of the molecule is CC(C)C12SSS[C@]3(C(=O)N1C)[C@@H](O)C1(C45c6ccccc6N[C@H]4N4C(=O)[C@]6(CO)SSSS[C@]4(C(=O)N6C)[C@H]5O)c4ccccc4N[C@@H]1N3C2=O. The maximum absolute atomic E-state index is 15.4. The van der Waals surface area contributed by atoms with Gasteiger partial charge in [-0.2, -0.15) is 0 Å². The van der Waals surface area contributed by atoms with Gasteiger partial charge in [0.25, 0.3) is 23.6 Å². The van der Waals surface area contributed by atoms with Gasteiger partial charge < -0.3 is 35.8 Å². The standard InChI is InChI=1S/C32H32N6O7S7/c1-14(2)30-26(45)38-22-29(16-10-6-8-12-18(16)34-22,20(41)32(38,48-50-47-30)25(44)36(30)4)28-15-9-5-7-11-17(15)33-21(28)37-23(42)27(13-39)35(3)24(43)31(37,19(28)40)49-52-51-46-27/h5-12,14,19-22,33-34,39-41H,13H2,1-4H3/t19-,20-,21-,22+,27-,28?,29?,30?,31-,32-/m0/s1. The molecule has 12 rings (SSSR count). The Morgan fingerprint density at radius 1 is 0.673 bits per heavy atom. The van der Waals surface area contributed by atoms with E-state index in [4.69, 9.17) is 0 Å². The maximum atomic E-state index is 15.4. The van der Waals surface area contributed by atoms with Crippen molar-refractivity contribution < 1.29 is 34.5 Å². The third kappa shape index (κ3) is 3.21. The first-order valence-electron chi connectivity index (χ1n) is 16.5. The highest BCUT2D eigenvalue weighted by atomic mass is 33.7. The van der Waals surface area contributed by atoms with Crippen LogP contribution < -0.4 is 10.6 Å². The Balaban J connectivity index is 1.34. The van der Waals surface area contributed by atoms with Crippen LogP contribution in [0.15, 0.2) is 48.5 Å². The molecule has 10 heterocycles. The largest absolute Gasteiger partial charge is 0.392 e. The van der Waals surface area contributed by atoms with Crippen molar-refractivity contribution in [2.75, 3.05) is 31.3 Å². The summed E-state index contributed by atoms with van der Waals surface area (Å²) in [5, 5.41) is 45.3. The fraction of sp³-hybridized carbons (Fsp3) is 0.500. The topological polar surface area (TPSA) is 166 Å². The molecular weight excluding hydrogens is 805 g/mol. The molecule has 5 N–H and O–H groups in total. The molecule has 2 aromatic carbocycles. The predicted molar refractivity (Wildman–Crippen MR) is 208 cm³/mol. The normalized spacial score (nSPS) is 43.8. The summed E-state index contributed by atoms with van der Waals surface area (Å²) in [4.78, 5) is 59.6. The molecule has 52 heavy (non-hydrogen) atoms. The summed E-state index contributed by atoms with van der Waals surface area (Å²) in [5.41, 5.74) is -1.25. The Hall–Kier alpha value is -1.75. The Morgan fingerprint density at radius 2 is 1.15 bits per heavy atom. The number of hydrogen-bond donors (Lipinski definition) is 5. The van der Waals surface area contributed by atoms with Crippen LogP contribution in [0.2, 0.25) is 0 Å². The van der Waals surface area contributed by atoms with E-state index in [-0.39, 0.29) is 11.8 Å². The molecule has 8 saturated heterocycles. The zero-order valence-electron chi connectivity index (χ0n) is 27.8. The lowest BCUT2D eigenvalue weighted by Crippen LogP contribution is -2.76. The number of anilines is 2. The molecule has 2 spiro atoms. The second kappa shape index (κ2) is 10.8. The molecule has 0 aliphatic carbocycles. The molecule has 0 aromatic heterocycles. The van der Waals surface area contributed by atoms with E-state index >= 15 is 19.2 Å². The molecule has 10 atom stereocenters. The zero-order chi connectivity index (χ0) is 36.5. The number of nitrogens with one attached hydrogen (secondary N) is 2. The van der Waals surface area contributed by atoms with Gasteiger partial charge in [0, 0.05) is 25.5 Å². The first-order valence-corrected chi connectivity index (χ1v) is 24.8. The minimum Gasteiger partial charge on any atom is -0.392 e. The predicted octanol–water partition coefficient (Wildman–Crippen LogP) is 2.88. The molecule has 10 aliphatic heterocycles. The number of carbonyl (C=O) groups excluding carboxylic acids is 4. The van der Waals surface area contributed by atoms with Gasteiger partial charge in [0.15, 0.2) is 4.87 Å². The molecule has 4 amide bonds. The monoisotopic (exact) mass is 836 g/mol. The van der Waals surface area contributed by atoms with Crippen LogP contribution in [0.1, 0.15) is 25.0 Å². The van der Waals surface area contributed by atoms with E-state index in [9.17, 15) is 15.3 Å². The van der Waals surface area contributed by atoms with Gasteiger partial charge in [-0.15, -0.1) is 0 Å². The quantitative estimate of drug-likeness (QED) is 0.287. The van der Waals surface area contributed by atoms with Crippen molar-refractivity contribution in [3.8, 4) is 0 Å². The Morgan fingerprint density at radius 3 is 1.69 bits per heavy atom. The molecule has 2 aromatic rings. The van der Waals surface area contributed by atoms with Crippen molar-refractivity contribution in [2.24, 2.45) is 5.92 Å². The lowest BCUT2D eigenvalue weighted by Gasteiger charge is -2.54. The number of likely N-dealkylation sites (N-methyl/N-ethyl adjacent to an activating group) is 2.